The number of ether oxygens (including phenoxy) is 2. The van der Waals surface area contributed by atoms with E-state index in [-0.39, 0.29) is 5.41 Å². The molecule has 1 fully saturated rings. The Hall–Kier alpha value is -1.36. The Bertz CT molecular complexity index is 451. The Kier molecular flexibility index (Phi) is 5.39. The van der Waals surface area contributed by atoms with Gasteiger partial charge >= 0.3 is 0 Å². The second-order valence-corrected chi connectivity index (χ2v) is 6.63. The highest BCUT2D eigenvalue weighted by atomic mass is 16.5. The van der Waals surface area contributed by atoms with Crippen LogP contribution in [0.3, 0.4) is 0 Å². The first-order valence-corrected chi connectivity index (χ1v) is 7.83. The van der Waals surface area contributed by atoms with Crippen LogP contribution in [0.15, 0.2) is 6.07 Å². The molecule has 1 aliphatic heterocycles. The van der Waals surface area contributed by atoms with Gasteiger partial charge in [-0.1, -0.05) is 27.7 Å². The van der Waals surface area contributed by atoms with Crippen LogP contribution < -0.4 is 10.1 Å². The second-order valence-electron chi connectivity index (χ2n) is 6.63. The molecular weight excluding hydrogens is 266 g/mol. The van der Waals surface area contributed by atoms with E-state index in [2.05, 4.69) is 43.0 Å². The van der Waals surface area contributed by atoms with Crippen molar-refractivity contribution in [2.75, 3.05) is 31.7 Å². The maximum Gasteiger partial charge on any atom is 0.218 e. The largest absolute Gasteiger partial charge is 0.477 e. The van der Waals surface area contributed by atoms with Crippen molar-refractivity contribution in [3.05, 3.63) is 11.9 Å². The van der Waals surface area contributed by atoms with Gasteiger partial charge in [0.05, 0.1) is 13.2 Å². The lowest BCUT2D eigenvalue weighted by Gasteiger charge is -2.19. The van der Waals surface area contributed by atoms with Crippen LogP contribution >= 0.6 is 0 Å². The van der Waals surface area contributed by atoms with Crippen molar-refractivity contribution in [3.63, 3.8) is 0 Å². The summed E-state index contributed by atoms with van der Waals surface area (Å²) >= 11 is 0. The molecule has 0 aromatic carbocycles. The zero-order valence-electron chi connectivity index (χ0n) is 13.6. The van der Waals surface area contributed by atoms with E-state index in [9.17, 15) is 0 Å². The summed E-state index contributed by atoms with van der Waals surface area (Å²) in [5, 5.41) is 3.32. The predicted octanol–water partition coefficient (Wildman–Crippen LogP) is 3.01. The van der Waals surface area contributed by atoms with E-state index in [0.717, 1.165) is 44.2 Å². The Morgan fingerprint density at radius 2 is 2.19 bits per heavy atom. The maximum atomic E-state index is 5.88. The third kappa shape index (κ3) is 4.84. The maximum absolute atomic E-state index is 5.88. The second kappa shape index (κ2) is 7.07. The summed E-state index contributed by atoms with van der Waals surface area (Å²) < 4.78 is 11.3. The fourth-order valence-electron chi connectivity index (χ4n) is 2.10. The van der Waals surface area contributed by atoms with Crippen LogP contribution in [0, 0.1) is 5.92 Å². The Morgan fingerprint density at radius 1 is 1.38 bits per heavy atom. The molecule has 2 heterocycles. The summed E-state index contributed by atoms with van der Waals surface area (Å²) in [4.78, 5) is 9.15. The fourth-order valence-corrected chi connectivity index (χ4v) is 2.10. The number of rotatable bonds is 6. The van der Waals surface area contributed by atoms with Gasteiger partial charge in [-0.3, -0.25) is 0 Å². The number of anilines is 1. The minimum atomic E-state index is -0.0987. The van der Waals surface area contributed by atoms with Gasteiger partial charge in [-0.25, -0.2) is 4.98 Å². The van der Waals surface area contributed by atoms with Crippen molar-refractivity contribution in [3.8, 4) is 5.88 Å². The summed E-state index contributed by atoms with van der Waals surface area (Å²) in [6.45, 7) is 11.7. The van der Waals surface area contributed by atoms with E-state index < -0.39 is 0 Å². The van der Waals surface area contributed by atoms with Gasteiger partial charge in [-0.05, 0) is 12.8 Å². The highest BCUT2D eigenvalue weighted by molar-refractivity contribution is 5.39. The summed E-state index contributed by atoms with van der Waals surface area (Å²) in [5.74, 6) is 2.78. The number of aromatic nitrogens is 2. The summed E-state index contributed by atoms with van der Waals surface area (Å²) in [6, 6.07) is 1.89. The number of nitrogens with one attached hydrogen (secondary N) is 1. The normalized spacial score (nSPS) is 18.8. The summed E-state index contributed by atoms with van der Waals surface area (Å²) in [6.07, 6.45) is 2.13. The van der Waals surface area contributed by atoms with E-state index in [1.165, 1.54) is 0 Å². The Labute approximate surface area is 127 Å². The first-order valence-electron chi connectivity index (χ1n) is 7.83. The van der Waals surface area contributed by atoms with Crippen molar-refractivity contribution in [2.45, 2.75) is 46.0 Å². The third-order valence-electron chi connectivity index (χ3n) is 3.42. The van der Waals surface area contributed by atoms with Crippen molar-refractivity contribution in [1.82, 2.24) is 9.97 Å². The van der Waals surface area contributed by atoms with Crippen LogP contribution in [0.4, 0.5) is 5.82 Å². The van der Waals surface area contributed by atoms with Gasteiger partial charge in [0.15, 0.2) is 0 Å². The van der Waals surface area contributed by atoms with E-state index >= 15 is 0 Å². The van der Waals surface area contributed by atoms with Crippen molar-refractivity contribution in [1.29, 1.82) is 0 Å². The first-order chi connectivity index (χ1) is 9.99. The summed E-state index contributed by atoms with van der Waals surface area (Å²) in [5.41, 5.74) is -0.0987. The molecule has 0 amide bonds. The van der Waals surface area contributed by atoms with E-state index in [1.807, 2.05) is 6.07 Å². The molecule has 2 rings (SSSR count). The zero-order valence-corrected chi connectivity index (χ0v) is 13.6. The molecule has 1 saturated heterocycles. The van der Waals surface area contributed by atoms with Gasteiger partial charge in [0.2, 0.25) is 5.88 Å². The highest BCUT2D eigenvalue weighted by Gasteiger charge is 2.21. The number of nitrogens with zero attached hydrogens (tertiary/aromatic N) is 2. The lowest BCUT2D eigenvalue weighted by Crippen LogP contribution is -2.19. The minimum absolute atomic E-state index is 0.0987. The predicted molar refractivity (Wildman–Crippen MR) is 83.9 cm³/mol. The molecule has 5 nitrogen and oxygen atoms in total. The van der Waals surface area contributed by atoms with Crippen molar-refractivity contribution in [2.24, 2.45) is 5.92 Å². The molecule has 1 N–H and O–H groups in total. The summed E-state index contributed by atoms with van der Waals surface area (Å²) in [7, 11) is 0. The van der Waals surface area contributed by atoms with Crippen molar-refractivity contribution >= 4 is 5.82 Å². The van der Waals surface area contributed by atoms with Gasteiger partial charge in [0.25, 0.3) is 0 Å². The molecule has 118 valence electrons. The van der Waals surface area contributed by atoms with E-state index in [0.29, 0.717) is 18.4 Å². The lowest BCUT2D eigenvalue weighted by atomic mass is 9.96. The quantitative estimate of drug-likeness (QED) is 0.873. The molecule has 0 radical (unpaired) electrons. The molecule has 0 aliphatic carbocycles. The standard InChI is InChI=1S/C16H27N3O2/c1-5-7-17-13-9-14(19-15(18-13)16(2,3)4)21-11-12-6-8-20-10-12/h9,12H,5-8,10-11H2,1-4H3,(H,17,18,19). The van der Waals surface area contributed by atoms with Crippen LogP contribution in [0.2, 0.25) is 0 Å². The number of hydrogen-bond donors (Lipinski definition) is 1. The van der Waals surface area contributed by atoms with E-state index in [1.54, 1.807) is 0 Å². The van der Waals surface area contributed by atoms with Crippen LogP contribution in [0.25, 0.3) is 0 Å². The Morgan fingerprint density at radius 3 is 2.81 bits per heavy atom. The zero-order chi connectivity index (χ0) is 15.3. The van der Waals surface area contributed by atoms with Crippen molar-refractivity contribution < 1.29 is 9.47 Å². The number of hydrogen-bond acceptors (Lipinski definition) is 5. The lowest BCUT2D eigenvalue weighted by molar-refractivity contribution is 0.165. The van der Waals surface area contributed by atoms with Gasteiger partial charge in [-0.15, -0.1) is 0 Å². The minimum Gasteiger partial charge on any atom is -0.477 e. The van der Waals surface area contributed by atoms with Crippen LogP contribution in [0.5, 0.6) is 5.88 Å². The SMILES string of the molecule is CCCNc1cc(OCC2CCOC2)nc(C(C)(C)C)n1. The first kappa shape index (κ1) is 16.0. The smallest absolute Gasteiger partial charge is 0.218 e. The molecule has 1 aromatic heterocycles. The average Bonchev–Trinajstić information content (AvgIpc) is 2.95. The average molecular weight is 293 g/mol. The van der Waals surface area contributed by atoms with Gasteiger partial charge < -0.3 is 14.8 Å². The fraction of sp³-hybridized carbons (Fsp3) is 0.750. The van der Waals surface area contributed by atoms with E-state index in [4.69, 9.17) is 9.47 Å². The molecule has 1 aliphatic rings. The van der Waals surface area contributed by atoms with Gasteiger partial charge in [0.1, 0.15) is 11.6 Å². The molecular formula is C16H27N3O2. The van der Waals surface area contributed by atoms with Crippen LogP contribution in [-0.2, 0) is 10.2 Å². The van der Waals surface area contributed by atoms with Gasteiger partial charge in [0, 0.05) is 30.6 Å². The van der Waals surface area contributed by atoms with Crippen LogP contribution in [0.1, 0.15) is 46.4 Å². The highest BCUT2D eigenvalue weighted by Crippen LogP contribution is 2.24. The molecule has 0 spiro atoms. The molecule has 1 atom stereocenters. The molecule has 1 aromatic rings. The molecule has 0 saturated carbocycles. The molecule has 5 heteroatoms. The third-order valence-corrected chi connectivity index (χ3v) is 3.42. The molecule has 0 bridgehead atoms. The topological polar surface area (TPSA) is 56.3 Å². The monoisotopic (exact) mass is 293 g/mol. The van der Waals surface area contributed by atoms with Crippen LogP contribution in [-0.4, -0.2) is 36.3 Å². The Balaban J connectivity index is 2.09. The van der Waals surface area contributed by atoms with Gasteiger partial charge in [-0.2, -0.15) is 4.98 Å². The molecule has 21 heavy (non-hydrogen) atoms. The molecule has 1 unspecified atom stereocenters.